The highest BCUT2D eigenvalue weighted by Gasteiger charge is 2.13. The zero-order valence-electron chi connectivity index (χ0n) is 17.1. The van der Waals surface area contributed by atoms with Crippen LogP contribution in [0.15, 0.2) is 48.5 Å². The Kier molecular flexibility index (Phi) is 5.40. The standard InChI is InChI=1S/C22H20FN5O3/c1-29-17-9-5-13(11-14(17)23)25-21-20-16(27-22(24)28-21)7-6-15(26-20)12-4-8-18(30-2)19(10-12)31-3/h4-11H,1-3H3,(H3,24,25,27,28). The first-order chi connectivity index (χ1) is 15.0. The molecule has 2 heterocycles. The number of rotatable bonds is 6. The van der Waals surface area contributed by atoms with Gasteiger partial charge < -0.3 is 25.3 Å². The van der Waals surface area contributed by atoms with E-state index in [9.17, 15) is 4.39 Å². The van der Waals surface area contributed by atoms with E-state index in [-0.39, 0.29) is 11.7 Å². The third-order valence-electron chi connectivity index (χ3n) is 4.65. The minimum absolute atomic E-state index is 0.0738. The molecule has 0 fully saturated rings. The summed E-state index contributed by atoms with van der Waals surface area (Å²) in [7, 11) is 4.55. The molecule has 8 nitrogen and oxygen atoms in total. The lowest BCUT2D eigenvalue weighted by Gasteiger charge is -2.12. The molecular weight excluding hydrogens is 401 g/mol. The number of anilines is 3. The number of pyridine rings is 1. The van der Waals surface area contributed by atoms with Gasteiger partial charge >= 0.3 is 0 Å². The van der Waals surface area contributed by atoms with Crippen LogP contribution in [0.4, 0.5) is 21.8 Å². The van der Waals surface area contributed by atoms with Crippen LogP contribution < -0.4 is 25.3 Å². The predicted molar refractivity (Wildman–Crippen MR) is 117 cm³/mol. The SMILES string of the molecule is COc1ccc(Nc2nc(N)nc3ccc(-c4ccc(OC)c(OC)c4)nc23)cc1F. The second-order valence-corrected chi connectivity index (χ2v) is 6.54. The van der Waals surface area contributed by atoms with Crippen molar-refractivity contribution in [3.8, 4) is 28.5 Å². The summed E-state index contributed by atoms with van der Waals surface area (Å²) in [5.41, 5.74) is 8.85. The van der Waals surface area contributed by atoms with Crippen molar-refractivity contribution in [3.63, 3.8) is 0 Å². The highest BCUT2D eigenvalue weighted by molar-refractivity contribution is 5.90. The van der Waals surface area contributed by atoms with Crippen molar-refractivity contribution in [2.45, 2.75) is 0 Å². The van der Waals surface area contributed by atoms with E-state index in [2.05, 4.69) is 15.3 Å². The smallest absolute Gasteiger partial charge is 0.222 e. The maximum atomic E-state index is 14.1. The Bertz CT molecular complexity index is 1270. The van der Waals surface area contributed by atoms with Gasteiger partial charge in [0.05, 0.1) is 32.5 Å². The molecule has 0 radical (unpaired) electrons. The molecule has 158 valence electrons. The number of benzene rings is 2. The van der Waals surface area contributed by atoms with Gasteiger partial charge in [-0.05, 0) is 42.5 Å². The van der Waals surface area contributed by atoms with Gasteiger partial charge in [0.25, 0.3) is 0 Å². The quantitative estimate of drug-likeness (QED) is 0.478. The number of ether oxygens (including phenoxy) is 3. The van der Waals surface area contributed by atoms with E-state index in [0.717, 1.165) is 5.56 Å². The predicted octanol–water partition coefficient (Wildman–Crippen LogP) is 4.18. The average molecular weight is 421 g/mol. The molecule has 0 bridgehead atoms. The number of aromatic nitrogens is 3. The number of hydrogen-bond acceptors (Lipinski definition) is 8. The van der Waals surface area contributed by atoms with Crippen LogP contribution in [-0.2, 0) is 0 Å². The third-order valence-corrected chi connectivity index (χ3v) is 4.65. The largest absolute Gasteiger partial charge is 0.494 e. The van der Waals surface area contributed by atoms with Crippen LogP contribution in [0.5, 0.6) is 17.2 Å². The van der Waals surface area contributed by atoms with Crippen LogP contribution in [0.25, 0.3) is 22.3 Å². The molecule has 0 aliphatic rings. The molecule has 0 amide bonds. The summed E-state index contributed by atoms with van der Waals surface area (Å²) >= 11 is 0. The van der Waals surface area contributed by atoms with Crippen molar-refractivity contribution < 1.29 is 18.6 Å². The van der Waals surface area contributed by atoms with Gasteiger partial charge in [0.15, 0.2) is 28.9 Å². The molecule has 0 saturated heterocycles. The summed E-state index contributed by atoms with van der Waals surface area (Å²) in [6, 6.07) is 13.6. The Balaban J connectivity index is 1.79. The number of nitrogens with one attached hydrogen (secondary N) is 1. The normalized spacial score (nSPS) is 10.7. The Morgan fingerprint density at radius 3 is 2.26 bits per heavy atom. The molecule has 0 aliphatic heterocycles. The molecule has 0 spiro atoms. The molecule has 31 heavy (non-hydrogen) atoms. The van der Waals surface area contributed by atoms with Crippen molar-refractivity contribution >= 4 is 28.5 Å². The Hall–Kier alpha value is -4.14. The minimum atomic E-state index is -0.502. The van der Waals surface area contributed by atoms with Crippen molar-refractivity contribution in [1.29, 1.82) is 0 Å². The molecule has 4 aromatic rings. The number of methoxy groups -OCH3 is 3. The molecular formula is C22H20FN5O3. The van der Waals surface area contributed by atoms with Gasteiger partial charge in [0, 0.05) is 17.3 Å². The minimum Gasteiger partial charge on any atom is -0.494 e. The molecule has 2 aromatic carbocycles. The zero-order valence-corrected chi connectivity index (χ0v) is 17.1. The van der Waals surface area contributed by atoms with Crippen LogP contribution in [0.2, 0.25) is 0 Å². The van der Waals surface area contributed by atoms with Crippen LogP contribution in [-0.4, -0.2) is 36.3 Å². The molecule has 0 aliphatic carbocycles. The van der Waals surface area contributed by atoms with Gasteiger partial charge in [-0.2, -0.15) is 4.98 Å². The molecule has 0 saturated carbocycles. The topological polar surface area (TPSA) is 104 Å². The monoisotopic (exact) mass is 421 g/mol. The lowest BCUT2D eigenvalue weighted by molar-refractivity contribution is 0.355. The second kappa shape index (κ2) is 8.31. The summed E-state index contributed by atoms with van der Waals surface area (Å²) in [5, 5.41) is 3.07. The van der Waals surface area contributed by atoms with Crippen molar-refractivity contribution in [3.05, 3.63) is 54.3 Å². The van der Waals surface area contributed by atoms with E-state index in [4.69, 9.17) is 24.9 Å². The van der Waals surface area contributed by atoms with E-state index in [1.807, 2.05) is 18.2 Å². The maximum absolute atomic E-state index is 14.1. The molecule has 3 N–H and O–H groups in total. The van der Waals surface area contributed by atoms with E-state index in [1.54, 1.807) is 32.4 Å². The molecule has 2 aromatic heterocycles. The lowest BCUT2D eigenvalue weighted by atomic mass is 10.1. The van der Waals surface area contributed by atoms with Gasteiger partial charge in [-0.3, -0.25) is 0 Å². The second-order valence-electron chi connectivity index (χ2n) is 6.54. The first kappa shape index (κ1) is 20.1. The zero-order chi connectivity index (χ0) is 22.0. The maximum Gasteiger partial charge on any atom is 0.222 e. The summed E-state index contributed by atoms with van der Waals surface area (Å²) < 4.78 is 29.7. The summed E-state index contributed by atoms with van der Waals surface area (Å²) in [6.45, 7) is 0. The lowest BCUT2D eigenvalue weighted by Crippen LogP contribution is -2.03. The van der Waals surface area contributed by atoms with Crippen LogP contribution in [0.1, 0.15) is 0 Å². The van der Waals surface area contributed by atoms with Crippen LogP contribution in [0, 0.1) is 5.82 Å². The molecule has 0 atom stereocenters. The molecule has 4 rings (SSSR count). The van der Waals surface area contributed by atoms with Crippen molar-refractivity contribution in [2.75, 3.05) is 32.4 Å². The highest BCUT2D eigenvalue weighted by Crippen LogP contribution is 2.33. The first-order valence-electron chi connectivity index (χ1n) is 9.29. The number of hydrogen-bond donors (Lipinski definition) is 2. The number of nitrogens with two attached hydrogens (primary N) is 1. The van der Waals surface area contributed by atoms with Gasteiger partial charge in [-0.15, -0.1) is 0 Å². The summed E-state index contributed by atoms with van der Waals surface area (Å²) in [4.78, 5) is 13.2. The highest BCUT2D eigenvalue weighted by atomic mass is 19.1. The average Bonchev–Trinajstić information content (AvgIpc) is 2.78. The van der Waals surface area contributed by atoms with Crippen molar-refractivity contribution in [1.82, 2.24) is 15.0 Å². The Morgan fingerprint density at radius 1 is 0.806 bits per heavy atom. The first-order valence-corrected chi connectivity index (χ1v) is 9.29. The van der Waals surface area contributed by atoms with E-state index < -0.39 is 5.82 Å². The van der Waals surface area contributed by atoms with Gasteiger partial charge in [-0.25, -0.2) is 14.4 Å². The molecule has 0 unspecified atom stereocenters. The van der Waals surface area contributed by atoms with E-state index in [1.165, 1.54) is 19.2 Å². The van der Waals surface area contributed by atoms with E-state index in [0.29, 0.717) is 39.7 Å². The Morgan fingerprint density at radius 2 is 1.55 bits per heavy atom. The number of fused-ring (bicyclic) bond motifs is 1. The summed E-state index contributed by atoms with van der Waals surface area (Å²) in [6.07, 6.45) is 0. The number of nitrogens with zero attached hydrogens (tertiary/aromatic N) is 3. The number of nitrogen functional groups attached to an aromatic ring is 1. The number of halogens is 1. The Labute approximate surface area is 177 Å². The third kappa shape index (κ3) is 3.97. The fourth-order valence-electron chi connectivity index (χ4n) is 3.16. The van der Waals surface area contributed by atoms with Gasteiger partial charge in [0.1, 0.15) is 5.52 Å². The van der Waals surface area contributed by atoms with Gasteiger partial charge in [0.2, 0.25) is 5.95 Å². The fourth-order valence-corrected chi connectivity index (χ4v) is 3.16. The van der Waals surface area contributed by atoms with Gasteiger partial charge in [-0.1, -0.05) is 0 Å². The summed E-state index contributed by atoms with van der Waals surface area (Å²) in [5.74, 6) is 1.28. The molecule has 9 heteroatoms. The van der Waals surface area contributed by atoms with Crippen molar-refractivity contribution in [2.24, 2.45) is 0 Å². The van der Waals surface area contributed by atoms with Crippen LogP contribution in [0.3, 0.4) is 0 Å². The van der Waals surface area contributed by atoms with Crippen LogP contribution >= 0.6 is 0 Å². The fraction of sp³-hybridized carbons (Fsp3) is 0.136. The van der Waals surface area contributed by atoms with E-state index >= 15 is 0 Å².